The molecule has 0 spiro atoms. The van der Waals surface area contributed by atoms with Crippen molar-refractivity contribution in [2.75, 3.05) is 0 Å². The lowest BCUT2D eigenvalue weighted by Crippen LogP contribution is -2.58. The fourth-order valence-electron chi connectivity index (χ4n) is 5.71. The molecule has 0 aromatic heterocycles. The molecule has 6 nitrogen and oxygen atoms in total. The Morgan fingerprint density at radius 1 is 0.528 bits per heavy atom. The fraction of sp³-hybridized carbons (Fsp3) is 0.133. The van der Waals surface area contributed by atoms with Crippen molar-refractivity contribution in [3.05, 3.63) is 130 Å². The molecule has 0 fully saturated rings. The molecule has 0 bridgehead atoms. The minimum Gasteiger partial charge on any atom is -0.425 e. The summed E-state index contributed by atoms with van der Waals surface area (Å²) < 4.78 is 11.7. The molecule has 178 valence electrons. The molecule has 6 rings (SSSR count). The van der Waals surface area contributed by atoms with Gasteiger partial charge in [-0.05, 0) is 34.4 Å². The third kappa shape index (κ3) is 2.74. The van der Waals surface area contributed by atoms with Crippen LogP contribution in [0.4, 0.5) is 0 Å². The second kappa shape index (κ2) is 8.16. The summed E-state index contributed by atoms with van der Waals surface area (Å²) in [5.41, 5.74) is 0.264. The number of hydrogen-bond donors (Lipinski definition) is 2. The molecule has 0 saturated heterocycles. The number of aliphatic hydroxyl groups excluding tert-OH is 2. The van der Waals surface area contributed by atoms with Crippen LogP contribution in [-0.2, 0) is 33.6 Å². The number of hydrogen-bond acceptors (Lipinski definition) is 6. The lowest BCUT2D eigenvalue weighted by molar-refractivity contribution is -0.147. The van der Waals surface area contributed by atoms with Crippen LogP contribution in [0, 0.1) is 0 Å². The molecule has 4 aromatic rings. The largest absolute Gasteiger partial charge is 0.425 e. The molecular formula is C30H22O6. The second-order valence-corrected chi connectivity index (χ2v) is 8.98. The molecule has 2 aliphatic heterocycles. The minimum absolute atomic E-state index is 0.160. The number of aliphatic hydroxyl groups is 2. The number of carbonyl (C=O) groups excluding carboxylic acids is 2. The van der Waals surface area contributed by atoms with Gasteiger partial charge in [-0.2, -0.15) is 0 Å². The fourth-order valence-corrected chi connectivity index (χ4v) is 5.71. The van der Waals surface area contributed by atoms with E-state index in [1.807, 2.05) is 12.1 Å². The zero-order chi connectivity index (χ0) is 24.9. The SMILES string of the molecule is O=C1Oc2ccccc2C1(c1ccc(CO)cc1)C1(c2ccc(CO)cc2)C(=O)Oc2ccccc21. The van der Waals surface area contributed by atoms with Gasteiger partial charge in [0.15, 0.2) is 0 Å². The Bertz CT molecular complexity index is 1380. The highest BCUT2D eigenvalue weighted by Crippen LogP contribution is 2.62. The van der Waals surface area contributed by atoms with Crippen LogP contribution in [0.3, 0.4) is 0 Å². The van der Waals surface area contributed by atoms with E-state index in [2.05, 4.69) is 0 Å². The molecule has 2 heterocycles. The van der Waals surface area contributed by atoms with Gasteiger partial charge in [0, 0.05) is 11.1 Å². The third-order valence-electron chi connectivity index (χ3n) is 7.30. The Labute approximate surface area is 207 Å². The van der Waals surface area contributed by atoms with Crippen LogP contribution in [-0.4, -0.2) is 22.2 Å². The van der Waals surface area contributed by atoms with Gasteiger partial charge < -0.3 is 19.7 Å². The summed E-state index contributed by atoms with van der Waals surface area (Å²) in [5.74, 6) is -0.449. The first-order valence-electron chi connectivity index (χ1n) is 11.6. The van der Waals surface area contributed by atoms with Gasteiger partial charge in [-0.15, -0.1) is 0 Å². The van der Waals surface area contributed by atoms with Gasteiger partial charge in [-0.3, -0.25) is 9.59 Å². The van der Waals surface area contributed by atoms with Gasteiger partial charge in [0.25, 0.3) is 0 Å². The quantitative estimate of drug-likeness (QED) is 0.335. The van der Waals surface area contributed by atoms with Crippen LogP contribution in [0.25, 0.3) is 0 Å². The Hall–Kier alpha value is -4.26. The summed E-state index contributed by atoms with van der Waals surface area (Å²) in [5, 5.41) is 19.3. The summed E-state index contributed by atoms with van der Waals surface area (Å²) in [6, 6.07) is 28.2. The number of rotatable bonds is 5. The zero-order valence-electron chi connectivity index (χ0n) is 19.2. The van der Waals surface area contributed by atoms with E-state index >= 15 is 0 Å². The van der Waals surface area contributed by atoms with Gasteiger partial charge in [-0.1, -0.05) is 84.9 Å². The van der Waals surface area contributed by atoms with Gasteiger partial charge in [-0.25, -0.2) is 0 Å². The molecule has 6 heteroatoms. The van der Waals surface area contributed by atoms with Crippen molar-refractivity contribution >= 4 is 11.9 Å². The summed E-state index contributed by atoms with van der Waals surface area (Å²) in [7, 11) is 0. The van der Waals surface area contributed by atoms with Crippen molar-refractivity contribution in [1.29, 1.82) is 0 Å². The standard InChI is InChI=1S/C30H22O6/c31-17-19-9-13-21(14-10-19)29(23-5-1-3-7-25(23)35-27(29)33)30(22-15-11-20(18-32)12-16-22)24-6-2-4-8-26(24)36-28(30)34/h1-16,31-32H,17-18H2. The average molecular weight is 479 g/mol. The average Bonchev–Trinajstić information content (AvgIpc) is 3.39. The van der Waals surface area contributed by atoms with E-state index < -0.39 is 22.8 Å². The van der Waals surface area contributed by atoms with Crippen LogP contribution in [0.2, 0.25) is 0 Å². The molecule has 0 amide bonds. The predicted octanol–water partition coefficient (Wildman–Crippen LogP) is 3.78. The Kier molecular flexibility index (Phi) is 5.03. The second-order valence-electron chi connectivity index (χ2n) is 8.98. The predicted molar refractivity (Wildman–Crippen MR) is 130 cm³/mol. The molecule has 2 aliphatic rings. The first-order chi connectivity index (χ1) is 17.6. The van der Waals surface area contributed by atoms with Crippen molar-refractivity contribution in [3.63, 3.8) is 0 Å². The van der Waals surface area contributed by atoms with Gasteiger partial charge in [0.05, 0.1) is 13.2 Å². The minimum atomic E-state index is -1.62. The number of para-hydroxylation sites is 2. The number of ether oxygens (including phenoxy) is 2. The summed E-state index contributed by atoms with van der Waals surface area (Å²) in [6.45, 7) is -0.320. The lowest BCUT2D eigenvalue weighted by atomic mass is 9.52. The van der Waals surface area contributed by atoms with Crippen LogP contribution >= 0.6 is 0 Å². The third-order valence-corrected chi connectivity index (χ3v) is 7.30. The van der Waals surface area contributed by atoms with E-state index in [1.165, 1.54) is 0 Å². The highest BCUT2D eigenvalue weighted by Gasteiger charge is 2.72. The number of fused-ring (bicyclic) bond motifs is 2. The molecule has 2 atom stereocenters. The van der Waals surface area contributed by atoms with Crippen LogP contribution < -0.4 is 9.47 Å². The van der Waals surface area contributed by atoms with Crippen LogP contribution in [0.5, 0.6) is 11.5 Å². The van der Waals surface area contributed by atoms with E-state index in [1.54, 1.807) is 84.9 Å². The van der Waals surface area contributed by atoms with Crippen molar-refractivity contribution in [2.24, 2.45) is 0 Å². The first kappa shape index (κ1) is 22.2. The summed E-state index contributed by atoms with van der Waals surface area (Å²) in [4.78, 5) is 28.5. The first-order valence-corrected chi connectivity index (χ1v) is 11.6. The monoisotopic (exact) mass is 478 g/mol. The van der Waals surface area contributed by atoms with Gasteiger partial charge in [0.1, 0.15) is 22.3 Å². The number of esters is 2. The number of carbonyl (C=O) groups is 2. The lowest BCUT2D eigenvalue weighted by Gasteiger charge is -2.42. The van der Waals surface area contributed by atoms with Crippen molar-refractivity contribution in [1.82, 2.24) is 0 Å². The van der Waals surface area contributed by atoms with E-state index in [0.717, 1.165) is 0 Å². The van der Waals surface area contributed by atoms with Gasteiger partial charge >= 0.3 is 11.9 Å². The molecular weight excluding hydrogens is 456 g/mol. The van der Waals surface area contributed by atoms with Crippen LogP contribution in [0.15, 0.2) is 97.1 Å². The molecule has 2 N–H and O–H groups in total. The Balaban J connectivity index is 1.79. The topological polar surface area (TPSA) is 93.1 Å². The smallest absolute Gasteiger partial charge is 0.328 e. The van der Waals surface area contributed by atoms with E-state index in [0.29, 0.717) is 44.9 Å². The molecule has 0 saturated carbocycles. The summed E-state index contributed by atoms with van der Waals surface area (Å²) in [6.07, 6.45) is 0. The Morgan fingerprint density at radius 2 is 0.889 bits per heavy atom. The summed E-state index contributed by atoms with van der Waals surface area (Å²) >= 11 is 0. The van der Waals surface area contributed by atoms with Crippen molar-refractivity contribution in [2.45, 2.75) is 24.0 Å². The molecule has 2 unspecified atom stereocenters. The molecule has 4 aromatic carbocycles. The highest BCUT2D eigenvalue weighted by atomic mass is 16.6. The molecule has 0 radical (unpaired) electrons. The highest BCUT2D eigenvalue weighted by molar-refractivity contribution is 6.08. The van der Waals surface area contributed by atoms with Crippen LogP contribution in [0.1, 0.15) is 33.4 Å². The maximum atomic E-state index is 14.2. The number of benzene rings is 4. The van der Waals surface area contributed by atoms with Gasteiger partial charge in [0.2, 0.25) is 0 Å². The normalized spacial score (nSPS) is 22.1. The van der Waals surface area contributed by atoms with E-state index in [9.17, 15) is 19.8 Å². The zero-order valence-corrected chi connectivity index (χ0v) is 19.2. The molecule has 36 heavy (non-hydrogen) atoms. The van der Waals surface area contributed by atoms with E-state index in [4.69, 9.17) is 9.47 Å². The van der Waals surface area contributed by atoms with E-state index in [-0.39, 0.29) is 13.2 Å². The molecule has 0 aliphatic carbocycles. The van der Waals surface area contributed by atoms with Crippen molar-refractivity contribution in [3.8, 4) is 11.5 Å². The van der Waals surface area contributed by atoms with Crippen molar-refractivity contribution < 1.29 is 29.3 Å². The Morgan fingerprint density at radius 3 is 1.25 bits per heavy atom. The maximum absolute atomic E-state index is 14.2. The maximum Gasteiger partial charge on any atom is 0.328 e.